The summed E-state index contributed by atoms with van der Waals surface area (Å²) in [5, 5.41) is 0. The second kappa shape index (κ2) is 6.64. The van der Waals surface area contributed by atoms with E-state index in [2.05, 4.69) is 4.74 Å². The Kier molecular flexibility index (Phi) is 4.54. The summed E-state index contributed by atoms with van der Waals surface area (Å²) in [4.78, 5) is 12.6. The van der Waals surface area contributed by atoms with Gasteiger partial charge < -0.3 is 4.74 Å². The van der Waals surface area contributed by atoms with Crippen molar-refractivity contribution >= 4 is 17.3 Å². The van der Waals surface area contributed by atoms with E-state index in [-0.39, 0.29) is 4.88 Å². The molecule has 0 radical (unpaired) electrons. The zero-order chi connectivity index (χ0) is 18.1. The highest BCUT2D eigenvalue weighted by Crippen LogP contribution is 2.32. The summed E-state index contributed by atoms with van der Waals surface area (Å²) in [6.07, 6.45) is 0. The van der Waals surface area contributed by atoms with Crippen LogP contribution in [0.25, 0.3) is 10.4 Å². The van der Waals surface area contributed by atoms with Gasteiger partial charge in [0.2, 0.25) is 34.8 Å². The van der Waals surface area contributed by atoms with Gasteiger partial charge in [-0.05, 0) is 17.7 Å². The van der Waals surface area contributed by atoms with Crippen molar-refractivity contribution in [3.8, 4) is 16.2 Å². The van der Waals surface area contributed by atoms with Crippen molar-refractivity contribution in [2.45, 2.75) is 0 Å². The minimum Gasteiger partial charge on any atom is -0.416 e. The van der Waals surface area contributed by atoms with Crippen LogP contribution in [0.2, 0.25) is 0 Å². The average molecular weight is 370 g/mol. The molecule has 0 saturated carbocycles. The number of carbonyl (C=O) groups excluding carboxylic acids is 1. The van der Waals surface area contributed by atoms with Crippen LogP contribution < -0.4 is 4.74 Å². The third-order valence-electron chi connectivity index (χ3n) is 3.23. The molecular weight excluding hydrogens is 363 g/mol. The molecule has 0 spiro atoms. The number of rotatable bonds is 3. The van der Waals surface area contributed by atoms with Crippen LogP contribution in [-0.4, -0.2) is 5.97 Å². The molecule has 0 amide bonds. The lowest BCUT2D eigenvalue weighted by Crippen LogP contribution is -2.12. The predicted octanol–water partition coefficient (Wildman–Crippen LogP) is 5.33. The van der Waals surface area contributed by atoms with Gasteiger partial charge in [0.15, 0.2) is 0 Å². The van der Waals surface area contributed by atoms with E-state index < -0.39 is 40.8 Å². The number of benzene rings is 2. The van der Waals surface area contributed by atoms with Crippen molar-refractivity contribution in [2.24, 2.45) is 0 Å². The Balaban J connectivity index is 1.91. The maximum Gasteiger partial charge on any atom is 0.353 e. The number of ether oxygens (including phenoxy) is 1. The van der Waals surface area contributed by atoms with Gasteiger partial charge in [-0.15, -0.1) is 11.3 Å². The Morgan fingerprint density at radius 1 is 0.760 bits per heavy atom. The van der Waals surface area contributed by atoms with E-state index in [1.807, 2.05) is 0 Å². The van der Waals surface area contributed by atoms with Crippen LogP contribution >= 0.6 is 11.3 Å². The van der Waals surface area contributed by atoms with Crippen LogP contribution in [0, 0.1) is 29.1 Å². The van der Waals surface area contributed by atoms with Crippen molar-refractivity contribution in [1.82, 2.24) is 0 Å². The minimum absolute atomic E-state index is 0.0530. The maximum absolute atomic E-state index is 13.6. The van der Waals surface area contributed by atoms with E-state index in [4.69, 9.17) is 0 Å². The fourth-order valence-electron chi connectivity index (χ4n) is 2.02. The molecule has 0 aliphatic carbocycles. The summed E-state index contributed by atoms with van der Waals surface area (Å²) in [5.41, 5.74) is 0.794. The Morgan fingerprint density at radius 3 is 1.92 bits per heavy atom. The number of hydrogen-bond donors (Lipinski definition) is 0. The van der Waals surface area contributed by atoms with E-state index in [0.717, 1.165) is 16.9 Å². The minimum atomic E-state index is -2.32. The van der Waals surface area contributed by atoms with E-state index >= 15 is 0 Å². The van der Waals surface area contributed by atoms with Gasteiger partial charge >= 0.3 is 5.97 Å². The SMILES string of the molecule is O=C(Oc1c(F)c(F)c(F)c(F)c1F)c1ccc(-c2ccccc2)s1. The van der Waals surface area contributed by atoms with Gasteiger partial charge in [-0.3, -0.25) is 0 Å². The van der Waals surface area contributed by atoms with E-state index in [1.165, 1.54) is 6.07 Å². The first kappa shape index (κ1) is 17.1. The molecule has 2 nitrogen and oxygen atoms in total. The molecule has 25 heavy (non-hydrogen) atoms. The Bertz CT molecular complexity index is 924. The molecule has 3 rings (SSSR count). The molecule has 0 atom stereocenters. The van der Waals surface area contributed by atoms with Crippen LogP contribution in [0.5, 0.6) is 5.75 Å². The van der Waals surface area contributed by atoms with Crippen LogP contribution in [-0.2, 0) is 0 Å². The fraction of sp³-hybridized carbons (Fsp3) is 0. The molecule has 0 saturated heterocycles. The van der Waals surface area contributed by atoms with Gasteiger partial charge in [0.1, 0.15) is 4.88 Å². The molecule has 0 bridgehead atoms. The molecule has 0 aliphatic rings. The molecule has 0 unspecified atom stereocenters. The zero-order valence-electron chi connectivity index (χ0n) is 12.2. The summed E-state index contributed by atoms with van der Waals surface area (Å²) in [6, 6.07) is 11.8. The van der Waals surface area contributed by atoms with Gasteiger partial charge in [-0.2, -0.15) is 8.78 Å². The number of esters is 1. The first-order valence-electron chi connectivity index (χ1n) is 6.79. The van der Waals surface area contributed by atoms with Gasteiger partial charge in [-0.25, -0.2) is 18.0 Å². The molecule has 3 aromatic rings. The van der Waals surface area contributed by atoms with Crippen molar-refractivity contribution in [3.05, 3.63) is 76.4 Å². The van der Waals surface area contributed by atoms with E-state index in [1.54, 1.807) is 36.4 Å². The topological polar surface area (TPSA) is 26.3 Å². The quantitative estimate of drug-likeness (QED) is 0.205. The summed E-state index contributed by atoms with van der Waals surface area (Å²) >= 11 is 0.956. The highest BCUT2D eigenvalue weighted by atomic mass is 32.1. The largest absolute Gasteiger partial charge is 0.416 e. The van der Waals surface area contributed by atoms with Gasteiger partial charge in [0.05, 0.1) is 0 Å². The Morgan fingerprint density at radius 2 is 1.32 bits per heavy atom. The second-order valence-electron chi connectivity index (χ2n) is 4.82. The number of hydrogen-bond acceptors (Lipinski definition) is 3. The van der Waals surface area contributed by atoms with Crippen molar-refractivity contribution in [1.29, 1.82) is 0 Å². The van der Waals surface area contributed by atoms with E-state index in [9.17, 15) is 26.7 Å². The summed E-state index contributed by atoms with van der Waals surface area (Å²) in [5.74, 6) is -14.0. The molecule has 1 aromatic heterocycles. The molecule has 8 heteroatoms. The smallest absolute Gasteiger partial charge is 0.353 e. The standard InChI is InChI=1S/C17H7F5O2S/c18-11-12(19)14(21)16(15(22)13(11)20)24-17(23)10-7-6-9(25-10)8-4-2-1-3-5-8/h1-7H. The lowest BCUT2D eigenvalue weighted by Gasteiger charge is -2.07. The molecule has 0 aliphatic heterocycles. The molecule has 2 aromatic carbocycles. The third-order valence-corrected chi connectivity index (χ3v) is 4.34. The average Bonchev–Trinajstić information content (AvgIpc) is 3.13. The van der Waals surface area contributed by atoms with Crippen LogP contribution in [0.1, 0.15) is 9.67 Å². The van der Waals surface area contributed by atoms with Crippen molar-refractivity contribution in [2.75, 3.05) is 0 Å². The number of halogens is 5. The highest BCUT2D eigenvalue weighted by molar-refractivity contribution is 7.17. The summed E-state index contributed by atoms with van der Waals surface area (Å²) in [7, 11) is 0. The Hall–Kier alpha value is -2.74. The molecule has 0 fully saturated rings. The van der Waals surface area contributed by atoms with Crippen LogP contribution in [0.15, 0.2) is 42.5 Å². The normalized spacial score (nSPS) is 10.8. The zero-order valence-corrected chi connectivity index (χ0v) is 13.0. The summed E-state index contributed by atoms with van der Waals surface area (Å²) < 4.78 is 70.8. The molecular formula is C17H7F5O2S. The number of carbonyl (C=O) groups is 1. The van der Waals surface area contributed by atoms with Crippen LogP contribution in [0.4, 0.5) is 22.0 Å². The molecule has 1 heterocycles. The van der Waals surface area contributed by atoms with Gasteiger partial charge in [0, 0.05) is 4.88 Å². The van der Waals surface area contributed by atoms with E-state index in [0.29, 0.717) is 4.88 Å². The predicted molar refractivity (Wildman–Crippen MR) is 80.9 cm³/mol. The van der Waals surface area contributed by atoms with Crippen molar-refractivity contribution in [3.63, 3.8) is 0 Å². The van der Waals surface area contributed by atoms with Crippen molar-refractivity contribution < 1.29 is 31.5 Å². The fourth-order valence-corrected chi connectivity index (χ4v) is 2.91. The van der Waals surface area contributed by atoms with Gasteiger partial charge in [0.25, 0.3) is 0 Å². The number of thiophene rings is 1. The van der Waals surface area contributed by atoms with Crippen LogP contribution in [0.3, 0.4) is 0 Å². The monoisotopic (exact) mass is 370 g/mol. The molecule has 0 N–H and O–H groups in total. The first-order valence-corrected chi connectivity index (χ1v) is 7.60. The maximum atomic E-state index is 13.6. The lowest BCUT2D eigenvalue weighted by molar-refractivity contribution is 0.0721. The second-order valence-corrected chi connectivity index (χ2v) is 5.90. The third kappa shape index (κ3) is 3.12. The Labute approximate surface area is 142 Å². The first-order chi connectivity index (χ1) is 11.9. The lowest BCUT2D eigenvalue weighted by atomic mass is 10.2. The summed E-state index contributed by atoms with van der Waals surface area (Å²) in [6.45, 7) is 0. The molecule has 128 valence electrons. The van der Waals surface area contributed by atoms with Gasteiger partial charge in [-0.1, -0.05) is 30.3 Å². The highest BCUT2D eigenvalue weighted by Gasteiger charge is 2.29.